The number of carbonyl (C=O) groups is 2. The number of ketones is 2. The molecule has 1 heterocycles. The van der Waals surface area contributed by atoms with Gasteiger partial charge in [0.2, 0.25) is 0 Å². The van der Waals surface area contributed by atoms with E-state index in [0.29, 0.717) is 35.7 Å². The van der Waals surface area contributed by atoms with Gasteiger partial charge in [-0.25, -0.2) is 0 Å². The Morgan fingerprint density at radius 1 is 0.966 bits per heavy atom. The minimum atomic E-state index is -0.158. The number of carbonyl (C=O) groups excluding carboxylic acids is 2. The second-order valence-electron chi connectivity index (χ2n) is 10.9. The highest BCUT2D eigenvalue weighted by molar-refractivity contribution is 5.93. The summed E-state index contributed by atoms with van der Waals surface area (Å²) in [6.45, 7) is 6.56. The number of oxime groups is 1. The highest BCUT2D eigenvalue weighted by Gasteiger charge is 2.62. The molecule has 1 unspecified atom stereocenters. The van der Waals surface area contributed by atoms with E-state index in [0.717, 1.165) is 76.6 Å². The molecule has 0 amide bonds. The quantitative estimate of drug-likeness (QED) is 0.714. The van der Waals surface area contributed by atoms with Gasteiger partial charge in [-0.1, -0.05) is 19.0 Å². The predicted molar refractivity (Wildman–Crippen MR) is 112 cm³/mol. The van der Waals surface area contributed by atoms with Crippen molar-refractivity contribution >= 4 is 17.3 Å². The average molecular weight is 401 g/mol. The number of fused-ring (bicyclic) bond motifs is 5. The van der Waals surface area contributed by atoms with Crippen molar-refractivity contribution in [3.05, 3.63) is 0 Å². The molecule has 29 heavy (non-hydrogen) atoms. The van der Waals surface area contributed by atoms with Crippen molar-refractivity contribution in [2.24, 2.45) is 39.7 Å². The third kappa shape index (κ3) is 3.10. The Balaban J connectivity index is 1.32. The van der Waals surface area contributed by atoms with Gasteiger partial charge in [0.05, 0.1) is 5.71 Å². The zero-order valence-corrected chi connectivity index (χ0v) is 18.0. The van der Waals surface area contributed by atoms with Crippen molar-refractivity contribution in [1.29, 1.82) is 0 Å². The van der Waals surface area contributed by atoms with Crippen LogP contribution in [-0.4, -0.2) is 36.5 Å². The van der Waals surface area contributed by atoms with Crippen LogP contribution in [0.3, 0.4) is 0 Å². The van der Waals surface area contributed by atoms with E-state index >= 15 is 0 Å². The molecule has 1 aliphatic heterocycles. The normalized spacial score (nSPS) is 46.9. The van der Waals surface area contributed by atoms with Gasteiger partial charge in [0.25, 0.3) is 0 Å². The summed E-state index contributed by atoms with van der Waals surface area (Å²) in [6.07, 6.45) is 9.57. The third-order valence-electron chi connectivity index (χ3n) is 9.62. The molecular formula is C24H36N2O3. The predicted octanol–water partition coefficient (Wildman–Crippen LogP) is 3.90. The van der Waals surface area contributed by atoms with Crippen LogP contribution in [0.15, 0.2) is 5.16 Å². The molecule has 5 aliphatic rings. The molecule has 0 aromatic carbocycles. The van der Waals surface area contributed by atoms with E-state index in [-0.39, 0.29) is 22.9 Å². The van der Waals surface area contributed by atoms with Crippen LogP contribution in [0.1, 0.15) is 78.1 Å². The van der Waals surface area contributed by atoms with Crippen molar-refractivity contribution < 1.29 is 14.4 Å². The van der Waals surface area contributed by atoms with Gasteiger partial charge in [0, 0.05) is 24.2 Å². The Morgan fingerprint density at radius 2 is 1.76 bits per heavy atom. The van der Waals surface area contributed by atoms with E-state index < -0.39 is 0 Å². The maximum Gasteiger partial charge on any atom is 0.139 e. The molecule has 0 aromatic heterocycles. The molecule has 0 aromatic rings. The van der Waals surface area contributed by atoms with Crippen molar-refractivity contribution in [2.75, 3.05) is 13.1 Å². The molecule has 5 nitrogen and oxygen atoms in total. The number of nitrogens with one attached hydrogen (secondary N) is 1. The second kappa shape index (κ2) is 7.18. The smallest absolute Gasteiger partial charge is 0.139 e. The number of Topliss-reactive ketones (excluding diaryl/α,β-unsaturated/α-hetero) is 2. The van der Waals surface area contributed by atoms with Gasteiger partial charge in [-0.05, 0) is 87.6 Å². The first-order valence-electron chi connectivity index (χ1n) is 11.9. The van der Waals surface area contributed by atoms with Crippen LogP contribution in [0.5, 0.6) is 0 Å². The summed E-state index contributed by atoms with van der Waals surface area (Å²) in [5, 5.41) is 7.89. The van der Waals surface area contributed by atoms with Crippen molar-refractivity contribution in [3.8, 4) is 0 Å². The molecule has 160 valence electrons. The Hall–Kier alpha value is -1.23. The van der Waals surface area contributed by atoms with Gasteiger partial charge in [-0.2, -0.15) is 0 Å². The fraction of sp³-hybridized carbons (Fsp3) is 0.875. The van der Waals surface area contributed by atoms with Crippen LogP contribution in [0, 0.1) is 34.5 Å². The summed E-state index contributed by atoms with van der Waals surface area (Å²) in [7, 11) is 0. The molecule has 5 heteroatoms. The molecule has 0 spiro atoms. The van der Waals surface area contributed by atoms with Gasteiger partial charge >= 0.3 is 0 Å². The summed E-state index contributed by atoms with van der Waals surface area (Å²) >= 11 is 0. The number of nitrogens with zero attached hydrogens (tertiary/aromatic N) is 1. The number of hydrogen-bond donors (Lipinski definition) is 1. The van der Waals surface area contributed by atoms with Crippen LogP contribution in [-0.2, 0) is 14.4 Å². The van der Waals surface area contributed by atoms with Crippen LogP contribution < -0.4 is 5.32 Å². The van der Waals surface area contributed by atoms with E-state index in [1.165, 1.54) is 0 Å². The number of rotatable bonds is 2. The van der Waals surface area contributed by atoms with Gasteiger partial charge in [-0.3, -0.25) is 9.59 Å². The number of piperidine rings is 1. The molecule has 0 radical (unpaired) electrons. The molecule has 1 saturated heterocycles. The molecule has 4 aliphatic carbocycles. The summed E-state index contributed by atoms with van der Waals surface area (Å²) < 4.78 is 0. The summed E-state index contributed by atoms with van der Waals surface area (Å²) in [4.78, 5) is 31.8. The van der Waals surface area contributed by atoms with E-state index in [1.54, 1.807) is 0 Å². The molecule has 1 N–H and O–H groups in total. The molecular weight excluding hydrogens is 364 g/mol. The van der Waals surface area contributed by atoms with E-state index in [4.69, 9.17) is 4.84 Å². The van der Waals surface area contributed by atoms with Crippen LogP contribution in [0.25, 0.3) is 0 Å². The first-order valence-corrected chi connectivity index (χ1v) is 11.9. The maximum atomic E-state index is 13.3. The Kier molecular flexibility index (Phi) is 4.88. The first-order chi connectivity index (χ1) is 13.9. The van der Waals surface area contributed by atoms with Gasteiger partial charge in [0.15, 0.2) is 0 Å². The summed E-state index contributed by atoms with van der Waals surface area (Å²) in [5.41, 5.74) is 1.00. The fourth-order valence-electron chi connectivity index (χ4n) is 7.75. The van der Waals surface area contributed by atoms with Crippen molar-refractivity contribution in [2.45, 2.75) is 84.2 Å². The first kappa shape index (κ1) is 19.7. The Morgan fingerprint density at radius 3 is 2.55 bits per heavy atom. The minimum absolute atomic E-state index is 0.0702. The summed E-state index contributed by atoms with van der Waals surface area (Å²) in [5.74, 6) is 2.39. The zero-order chi connectivity index (χ0) is 20.2. The lowest BCUT2D eigenvalue weighted by atomic mass is 9.45. The maximum absolute atomic E-state index is 13.3. The number of hydrogen-bond acceptors (Lipinski definition) is 5. The molecule has 4 saturated carbocycles. The van der Waals surface area contributed by atoms with Gasteiger partial charge in [-0.15, -0.1) is 0 Å². The van der Waals surface area contributed by atoms with E-state index in [1.807, 2.05) is 0 Å². The van der Waals surface area contributed by atoms with Crippen LogP contribution in [0.4, 0.5) is 0 Å². The SMILES string of the molecule is C[C@]12CC/C(=N\OC3CCNCC3)CC1C(=O)C[C@@H]1[C@H]2CC[C@]2(C)C(=O)CC[C@@H]12. The van der Waals surface area contributed by atoms with E-state index in [9.17, 15) is 9.59 Å². The lowest BCUT2D eigenvalue weighted by molar-refractivity contribution is -0.152. The van der Waals surface area contributed by atoms with Crippen molar-refractivity contribution in [1.82, 2.24) is 5.32 Å². The minimum Gasteiger partial charge on any atom is -0.392 e. The van der Waals surface area contributed by atoms with Crippen molar-refractivity contribution in [3.63, 3.8) is 0 Å². The molecule has 6 atom stereocenters. The molecule has 5 rings (SSSR count). The standard InChI is InChI=1S/C24H36N2O3/c1-23-9-5-15(26-29-16-7-11-25-12-8-16)13-20(23)21(27)14-17-18-3-4-22(28)24(18,2)10-6-19(17)23/h16-20,25H,3-14H2,1-2H3/b26-15+/t17-,18-,19+,20?,23+,24-/m0/s1. The Bertz CT molecular complexity index is 728. The fourth-order valence-corrected chi connectivity index (χ4v) is 7.75. The van der Waals surface area contributed by atoms with Gasteiger partial charge < -0.3 is 10.2 Å². The van der Waals surface area contributed by atoms with Crippen LogP contribution in [0.2, 0.25) is 0 Å². The lowest BCUT2D eigenvalue weighted by Crippen LogP contribution is -2.56. The molecule has 5 fully saturated rings. The molecule has 0 bridgehead atoms. The monoisotopic (exact) mass is 400 g/mol. The largest absolute Gasteiger partial charge is 0.392 e. The Labute approximate surface area is 174 Å². The average Bonchev–Trinajstić information content (AvgIpc) is 3.03. The zero-order valence-electron chi connectivity index (χ0n) is 18.0. The third-order valence-corrected chi connectivity index (χ3v) is 9.62. The van der Waals surface area contributed by atoms with Crippen LogP contribution >= 0.6 is 0 Å². The van der Waals surface area contributed by atoms with E-state index in [2.05, 4.69) is 24.3 Å². The highest BCUT2D eigenvalue weighted by Crippen LogP contribution is 2.64. The topological polar surface area (TPSA) is 67.8 Å². The lowest BCUT2D eigenvalue weighted by Gasteiger charge is -2.58. The van der Waals surface area contributed by atoms with Gasteiger partial charge in [0.1, 0.15) is 17.7 Å². The summed E-state index contributed by atoms with van der Waals surface area (Å²) in [6, 6.07) is 0. The highest BCUT2D eigenvalue weighted by atomic mass is 16.6. The second-order valence-corrected chi connectivity index (χ2v) is 10.9.